The zero-order valence-electron chi connectivity index (χ0n) is 13.0. The van der Waals surface area contributed by atoms with E-state index in [9.17, 15) is 27.9 Å². The fraction of sp³-hybridized carbons (Fsp3) is 0.500. The number of carboxylic acid groups (broad SMARTS) is 1. The third kappa shape index (κ3) is 3.80. The molecule has 24 heavy (non-hydrogen) atoms. The number of halogens is 3. The van der Waals surface area contributed by atoms with Gasteiger partial charge >= 0.3 is 12.1 Å². The highest BCUT2D eigenvalue weighted by Crippen LogP contribution is 2.44. The Hall–Kier alpha value is -2.25. The lowest BCUT2D eigenvalue weighted by molar-refractivity contribution is -0.167. The summed E-state index contributed by atoms with van der Waals surface area (Å²) in [5.74, 6) is -1.67. The molecule has 0 heterocycles. The van der Waals surface area contributed by atoms with Gasteiger partial charge in [-0.05, 0) is 30.5 Å². The Morgan fingerprint density at radius 3 is 2.25 bits per heavy atom. The van der Waals surface area contributed by atoms with Crippen molar-refractivity contribution in [1.82, 2.24) is 5.32 Å². The number of rotatable bonds is 6. The summed E-state index contributed by atoms with van der Waals surface area (Å²) in [7, 11) is 1.39. The maximum atomic E-state index is 13.3. The summed E-state index contributed by atoms with van der Waals surface area (Å²) in [6, 6.07) is 2.97. The third-order valence-corrected chi connectivity index (χ3v) is 4.35. The van der Waals surface area contributed by atoms with Crippen LogP contribution in [0.4, 0.5) is 13.2 Å². The van der Waals surface area contributed by atoms with E-state index in [-0.39, 0.29) is 5.56 Å². The average Bonchev–Trinajstić information content (AvgIpc) is 2.47. The van der Waals surface area contributed by atoms with Crippen LogP contribution in [0.25, 0.3) is 0 Å². The Balaban J connectivity index is 2.14. The number of carboxylic acids is 1. The first-order valence-electron chi connectivity index (χ1n) is 7.41. The minimum atomic E-state index is -4.69. The number of nitrogens with one attached hydrogen (secondary N) is 1. The van der Waals surface area contributed by atoms with Crippen LogP contribution in [-0.2, 0) is 9.59 Å². The van der Waals surface area contributed by atoms with E-state index in [0.29, 0.717) is 25.0 Å². The van der Waals surface area contributed by atoms with E-state index in [1.54, 1.807) is 0 Å². The van der Waals surface area contributed by atoms with Crippen molar-refractivity contribution in [2.75, 3.05) is 7.11 Å². The van der Waals surface area contributed by atoms with Gasteiger partial charge in [0.1, 0.15) is 5.75 Å². The molecule has 1 saturated carbocycles. The van der Waals surface area contributed by atoms with Crippen LogP contribution in [0.3, 0.4) is 0 Å². The van der Waals surface area contributed by atoms with Crippen molar-refractivity contribution in [3.8, 4) is 5.75 Å². The first-order valence-corrected chi connectivity index (χ1v) is 7.41. The minimum absolute atomic E-state index is 0.144. The van der Waals surface area contributed by atoms with Gasteiger partial charge in [0.2, 0.25) is 5.91 Å². The van der Waals surface area contributed by atoms with Crippen molar-refractivity contribution >= 4 is 11.9 Å². The molecular weight excluding hydrogens is 327 g/mol. The van der Waals surface area contributed by atoms with Gasteiger partial charge in [-0.1, -0.05) is 18.6 Å². The van der Waals surface area contributed by atoms with Crippen molar-refractivity contribution in [1.29, 1.82) is 0 Å². The number of alkyl halides is 3. The summed E-state index contributed by atoms with van der Waals surface area (Å²) in [5.41, 5.74) is -1.38. The molecule has 132 valence electrons. The first kappa shape index (κ1) is 18.1. The SMILES string of the molecule is COc1ccc(C(NC(=O)CC2(C(=O)O)CCC2)C(F)(F)F)cc1. The van der Waals surface area contributed by atoms with Crippen molar-refractivity contribution in [2.24, 2.45) is 5.41 Å². The summed E-state index contributed by atoms with van der Waals surface area (Å²) in [5, 5.41) is 11.1. The zero-order valence-corrected chi connectivity index (χ0v) is 13.0. The summed E-state index contributed by atoms with van der Waals surface area (Å²) in [4.78, 5) is 23.3. The maximum absolute atomic E-state index is 13.3. The van der Waals surface area contributed by atoms with Crippen LogP contribution < -0.4 is 10.1 Å². The Kier molecular flexibility index (Phi) is 5.05. The molecule has 1 atom stereocenters. The first-order chi connectivity index (χ1) is 11.2. The highest BCUT2D eigenvalue weighted by atomic mass is 19.4. The Morgan fingerprint density at radius 1 is 1.29 bits per heavy atom. The normalized spacial score (nSPS) is 17.5. The molecular formula is C16H18F3NO4. The molecule has 5 nitrogen and oxygen atoms in total. The van der Waals surface area contributed by atoms with Gasteiger partial charge in [-0.2, -0.15) is 13.2 Å². The van der Waals surface area contributed by atoms with Gasteiger partial charge in [0, 0.05) is 6.42 Å². The molecule has 0 aliphatic heterocycles. The largest absolute Gasteiger partial charge is 0.497 e. The number of hydrogen-bond donors (Lipinski definition) is 2. The van der Waals surface area contributed by atoms with Crippen molar-refractivity contribution < 1.29 is 32.6 Å². The fourth-order valence-electron chi connectivity index (χ4n) is 2.74. The van der Waals surface area contributed by atoms with Crippen LogP contribution in [0.1, 0.15) is 37.3 Å². The predicted molar refractivity (Wildman–Crippen MR) is 78.5 cm³/mol. The number of hydrogen-bond acceptors (Lipinski definition) is 3. The van der Waals surface area contributed by atoms with Crippen molar-refractivity contribution in [3.63, 3.8) is 0 Å². The smallest absolute Gasteiger partial charge is 0.412 e. The van der Waals surface area contributed by atoms with Crippen LogP contribution in [0.15, 0.2) is 24.3 Å². The summed E-state index contributed by atoms with van der Waals surface area (Å²) >= 11 is 0. The maximum Gasteiger partial charge on any atom is 0.412 e. The lowest BCUT2D eigenvalue weighted by atomic mass is 9.66. The van der Waals surface area contributed by atoms with Crippen molar-refractivity contribution in [3.05, 3.63) is 29.8 Å². The van der Waals surface area contributed by atoms with Crippen LogP contribution >= 0.6 is 0 Å². The van der Waals surface area contributed by atoms with Gasteiger partial charge in [0.05, 0.1) is 12.5 Å². The van der Waals surface area contributed by atoms with E-state index in [4.69, 9.17) is 4.74 Å². The Morgan fingerprint density at radius 2 is 1.88 bits per heavy atom. The number of carbonyl (C=O) groups excluding carboxylic acids is 1. The van der Waals surface area contributed by atoms with Gasteiger partial charge in [0.25, 0.3) is 0 Å². The number of amides is 1. The van der Waals surface area contributed by atoms with Crippen LogP contribution in [0, 0.1) is 5.41 Å². The second-order valence-corrected chi connectivity index (χ2v) is 5.93. The molecule has 8 heteroatoms. The van der Waals surface area contributed by atoms with Gasteiger partial charge < -0.3 is 15.2 Å². The quantitative estimate of drug-likeness (QED) is 0.831. The molecule has 0 radical (unpaired) electrons. The Labute approximate surface area is 136 Å². The molecule has 2 rings (SSSR count). The Bertz CT molecular complexity index is 609. The summed E-state index contributed by atoms with van der Waals surface area (Å²) in [6.07, 6.45) is -3.89. The number of aliphatic carboxylic acids is 1. The number of carbonyl (C=O) groups is 2. The molecule has 2 N–H and O–H groups in total. The second-order valence-electron chi connectivity index (χ2n) is 5.93. The van der Waals surface area contributed by atoms with E-state index in [1.807, 2.05) is 5.32 Å². The third-order valence-electron chi connectivity index (χ3n) is 4.35. The van der Waals surface area contributed by atoms with E-state index in [1.165, 1.54) is 31.4 Å². The zero-order chi connectivity index (χ0) is 18.0. The molecule has 1 aromatic rings. The number of ether oxygens (including phenoxy) is 1. The lowest BCUT2D eigenvalue weighted by Gasteiger charge is -2.37. The van der Waals surface area contributed by atoms with Gasteiger partial charge in [0.15, 0.2) is 6.04 Å². The average molecular weight is 345 g/mol. The number of benzene rings is 1. The van der Waals surface area contributed by atoms with E-state index < -0.39 is 35.9 Å². The summed E-state index contributed by atoms with van der Waals surface area (Å²) < 4.78 is 44.7. The van der Waals surface area contributed by atoms with Crippen molar-refractivity contribution in [2.45, 2.75) is 37.9 Å². The minimum Gasteiger partial charge on any atom is -0.497 e. The molecule has 1 amide bonds. The predicted octanol–water partition coefficient (Wildman–Crippen LogP) is 3.06. The summed E-state index contributed by atoms with van der Waals surface area (Å²) in [6.45, 7) is 0. The van der Waals surface area contributed by atoms with E-state index in [2.05, 4.69) is 0 Å². The molecule has 0 spiro atoms. The molecule has 0 saturated heterocycles. The van der Waals surface area contributed by atoms with Gasteiger partial charge in [-0.25, -0.2) is 0 Å². The van der Waals surface area contributed by atoms with Crippen LogP contribution in [0.5, 0.6) is 5.75 Å². The van der Waals surface area contributed by atoms with Crippen LogP contribution in [-0.4, -0.2) is 30.3 Å². The molecule has 0 bridgehead atoms. The van der Waals surface area contributed by atoms with E-state index >= 15 is 0 Å². The fourth-order valence-corrected chi connectivity index (χ4v) is 2.74. The highest BCUT2D eigenvalue weighted by molar-refractivity contribution is 5.85. The second kappa shape index (κ2) is 6.70. The standard InChI is InChI=1S/C16H18F3NO4/c1-24-11-5-3-10(4-6-11)13(16(17,18)19)20-12(21)9-15(14(22)23)7-2-8-15/h3-6,13H,2,7-9H2,1H3,(H,20,21)(H,22,23). The van der Waals surface area contributed by atoms with Crippen LogP contribution in [0.2, 0.25) is 0 Å². The molecule has 1 unspecified atom stereocenters. The van der Waals surface area contributed by atoms with Gasteiger partial charge in [-0.3, -0.25) is 9.59 Å². The van der Waals surface area contributed by atoms with E-state index in [0.717, 1.165) is 0 Å². The molecule has 1 aliphatic carbocycles. The molecule has 1 aromatic carbocycles. The molecule has 0 aromatic heterocycles. The van der Waals surface area contributed by atoms with Gasteiger partial charge in [-0.15, -0.1) is 0 Å². The highest BCUT2D eigenvalue weighted by Gasteiger charge is 2.48. The monoisotopic (exact) mass is 345 g/mol. The topological polar surface area (TPSA) is 75.6 Å². The molecule has 1 fully saturated rings. The lowest BCUT2D eigenvalue weighted by Crippen LogP contribution is -2.45. The molecule has 1 aliphatic rings. The number of methoxy groups -OCH3 is 1.